The highest BCUT2D eigenvalue weighted by atomic mass is 16.2. The summed E-state index contributed by atoms with van der Waals surface area (Å²) in [6.45, 7) is 3.68. The molecule has 2 amide bonds. The SMILES string of the molecule is C=CC(=O)NCCC(=O)NC1CC1. The Bertz CT molecular complexity index is 222. The molecule has 1 aliphatic carbocycles. The molecule has 0 aliphatic heterocycles. The van der Waals surface area contributed by atoms with Crippen LogP contribution >= 0.6 is 0 Å². The van der Waals surface area contributed by atoms with Crippen molar-refractivity contribution in [3.63, 3.8) is 0 Å². The fourth-order valence-corrected chi connectivity index (χ4v) is 0.899. The summed E-state index contributed by atoms with van der Waals surface area (Å²) in [6.07, 6.45) is 3.71. The van der Waals surface area contributed by atoms with Gasteiger partial charge < -0.3 is 10.6 Å². The summed E-state index contributed by atoms with van der Waals surface area (Å²) in [4.78, 5) is 21.7. The first-order valence-corrected chi connectivity index (χ1v) is 4.42. The van der Waals surface area contributed by atoms with Crippen LogP contribution in [0.15, 0.2) is 12.7 Å². The van der Waals surface area contributed by atoms with Crippen LogP contribution < -0.4 is 10.6 Å². The molecule has 0 radical (unpaired) electrons. The average molecular weight is 182 g/mol. The van der Waals surface area contributed by atoms with Crippen LogP contribution in [-0.2, 0) is 9.59 Å². The van der Waals surface area contributed by atoms with Gasteiger partial charge in [0.15, 0.2) is 0 Å². The van der Waals surface area contributed by atoms with Gasteiger partial charge in [-0.1, -0.05) is 6.58 Å². The zero-order valence-electron chi connectivity index (χ0n) is 7.51. The van der Waals surface area contributed by atoms with E-state index in [9.17, 15) is 9.59 Å². The Kier molecular flexibility index (Phi) is 3.49. The quantitative estimate of drug-likeness (QED) is 0.586. The Hall–Kier alpha value is -1.32. The van der Waals surface area contributed by atoms with Crippen LogP contribution in [0.5, 0.6) is 0 Å². The molecule has 0 spiro atoms. The van der Waals surface area contributed by atoms with Crippen LogP contribution in [0.25, 0.3) is 0 Å². The molecule has 1 saturated carbocycles. The lowest BCUT2D eigenvalue weighted by Gasteiger charge is -2.03. The van der Waals surface area contributed by atoms with Gasteiger partial charge in [0.25, 0.3) is 0 Å². The zero-order valence-corrected chi connectivity index (χ0v) is 7.51. The molecule has 72 valence electrons. The lowest BCUT2D eigenvalue weighted by Crippen LogP contribution is -2.30. The van der Waals surface area contributed by atoms with E-state index in [1.165, 1.54) is 6.08 Å². The van der Waals surface area contributed by atoms with Crippen molar-refractivity contribution in [2.75, 3.05) is 6.54 Å². The maximum Gasteiger partial charge on any atom is 0.243 e. The van der Waals surface area contributed by atoms with E-state index in [0.717, 1.165) is 12.8 Å². The minimum Gasteiger partial charge on any atom is -0.353 e. The number of carbonyl (C=O) groups is 2. The Morgan fingerprint density at radius 3 is 2.69 bits per heavy atom. The second-order valence-electron chi connectivity index (χ2n) is 3.09. The van der Waals surface area contributed by atoms with Crippen LogP contribution in [-0.4, -0.2) is 24.4 Å². The van der Waals surface area contributed by atoms with Crippen molar-refractivity contribution in [3.8, 4) is 0 Å². The maximum atomic E-state index is 11.1. The van der Waals surface area contributed by atoms with Gasteiger partial charge in [0.2, 0.25) is 11.8 Å². The topological polar surface area (TPSA) is 58.2 Å². The fourth-order valence-electron chi connectivity index (χ4n) is 0.899. The Morgan fingerprint density at radius 1 is 1.46 bits per heavy atom. The highest BCUT2D eigenvalue weighted by Gasteiger charge is 2.22. The van der Waals surface area contributed by atoms with E-state index in [1.54, 1.807) is 0 Å². The number of nitrogens with one attached hydrogen (secondary N) is 2. The second kappa shape index (κ2) is 4.64. The van der Waals surface area contributed by atoms with Crippen molar-refractivity contribution in [1.29, 1.82) is 0 Å². The molecular formula is C9H14N2O2. The molecule has 0 bridgehead atoms. The highest BCUT2D eigenvalue weighted by Crippen LogP contribution is 2.18. The predicted octanol–water partition coefficient (Wildman–Crippen LogP) is -0.0427. The van der Waals surface area contributed by atoms with E-state index in [1.807, 2.05) is 0 Å². The molecule has 0 aromatic carbocycles. The third-order valence-corrected chi connectivity index (χ3v) is 1.78. The van der Waals surface area contributed by atoms with Crippen LogP contribution in [0.2, 0.25) is 0 Å². The number of carbonyl (C=O) groups excluding carboxylic acids is 2. The molecule has 0 heterocycles. The first-order valence-electron chi connectivity index (χ1n) is 4.42. The van der Waals surface area contributed by atoms with Crippen LogP contribution in [0, 0.1) is 0 Å². The summed E-state index contributed by atoms with van der Waals surface area (Å²) in [5.41, 5.74) is 0. The standard InChI is InChI=1S/C9H14N2O2/c1-2-8(12)10-6-5-9(13)11-7-3-4-7/h2,7H,1,3-6H2,(H,10,12)(H,11,13). The second-order valence-corrected chi connectivity index (χ2v) is 3.09. The first-order chi connectivity index (χ1) is 6.22. The smallest absolute Gasteiger partial charge is 0.243 e. The molecule has 4 nitrogen and oxygen atoms in total. The van der Waals surface area contributed by atoms with Crippen LogP contribution in [0.4, 0.5) is 0 Å². The minimum absolute atomic E-state index is 0.00635. The van der Waals surface area contributed by atoms with E-state index in [-0.39, 0.29) is 11.8 Å². The number of rotatable bonds is 5. The van der Waals surface area contributed by atoms with Crippen molar-refractivity contribution in [1.82, 2.24) is 10.6 Å². The van der Waals surface area contributed by atoms with Gasteiger partial charge in [-0.15, -0.1) is 0 Å². The third-order valence-electron chi connectivity index (χ3n) is 1.78. The van der Waals surface area contributed by atoms with Gasteiger partial charge in [-0.2, -0.15) is 0 Å². The predicted molar refractivity (Wildman–Crippen MR) is 49.0 cm³/mol. The van der Waals surface area contributed by atoms with E-state index < -0.39 is 0 Å². The summed E-state index contributed by atoms with van der Waals surface area (Å²) in [6, 6.07) is 0.391. The van der Waals surface area contributed by atoms with E-state index in [0.29, 0.717) is 19.0 Å². The summed E-state index contributed by atoms with van der Waals surface area (Å²) in [5, 5.41) is 5.37. The van der Waals surface area contributed by atoms with Crippen molar-refractivity contribution in [2.45, 2.75) is 25.3 Å². The molecule has 4 heteroatoms. The summed E-state index contributed by atoms with van der Waals surface area (Å²) >= 11 is 0. The van der Waals surface area contributed by atoms with Gasteiger partial charge >= 0.3 is 0 Å². The highest BCUT2D eigenvalue weighted by molar-refractivity contribution is 5.87. The van der Waals surface area contributed by atoms with Gasteiger partial charge in [-0.3, -0.25) is 9.59 Å². The molecule has 13 heavy (non-hydrogen) atoms. The van der Waals surface area contributed by atoms with Crippen molar-refractivity contribution < 1.29 is 9.59 Å². The molecule has 1 aliphatic rings. The molecule has 0 atom stereocenters. The largest absolute Gasteiger partial charge is 0.353 e. The molecule has 0 aromatic rings. The Morgan fingerprint density at radius 2 is 2.15 bits per heavy atom. The third kappa shape index (κ3) is 4.30. The Labute approximate surface area is 77.4 Å². The molecule has 0 aromatic heterocycles. The van der Waals surface area contributed by atoms with Gasteiger partial charge in [-0.25, -0.2) is 0 Å². The van der Waals surface area contributed by atoms with Crippen molar-refractivity contribution in [2.24, 2.45) is 0 Å². The lowest BCUT2D eigenvalue weighted by molar-refractivity contribution is -0.121. The fraction of sp³-hybridized carbons (Fsp3) is 0.556. The molecule has 2 N–H and O–H groups in total. The number of hydrogen-bond donors (Lipinski definition) is 2. The van der Waals surface area contributed by atoms with E-state index in [2.05, 4.69) is 17.2 Å². The summed E-state index contributed by atoms with van der Waals surface area (Å²) in [5.74, 6) is -0.230. The molecular weight excluding hydrogens is 168 g/mol. The zero-order chi connectivity index (χ0) is 9.68. The van der Waals surface area contributed by atoms with Gasteiger partial charge in [-0.05, 0) is 18.9 Å². The van der Waals surface area contributed by atoms with E-state index >= 15 is 0 Å². The summed E-state index contributed by atoms with van der Waals surface area (Å²) < 4.78 is 0. The lowest BCUT2D eigenvalue weighted by atomic mass is 10.4. The van der Waals surface area contributed by atoms with Gasteiger partial charge in [0, 0.05) is 19.0 Å². The normalized spacial score (nSPS) is 14.8. The monoisotopic (exact) mass is 182 g/mol. The Balaban J connectivity index is 2.00. The van der Waals surface area contributed by atoms with E-state index in [4.69, 9.17) is 0 Å². The first kappa shape index (κ1) is 9.77. The average Bonchev–Trinajstić information content (AvgIpc) is 2.88. The molecule has 1 fully saturated rings. The molecule has 1 rings (SSSR count). The number of amides is 2. The molecule has 0 unspecified atom stereocenters. The van der Waals surface area contributed by atoms with Gasteiger partial charge in [0.05, 0.1) is 0 Å². The summed E-state index contributed by atoms with van der Waals surface area (Å²) in [7, 11) is 0. The van der Waals surface area contributed by atoms with Gasteiger partial charge in [0.1, 0.15) is 0 Å². The van der Waals surface area contributed by atoms with Crippen LogP contribution in [0.1, 0.15) is 19.3 Å². The van der Waals surface area contributed by atoms with Crippen molar-refractivity contribution in [3.05, 3.63) is 12.7 Å². The van der Waals surface area contributed by atoms with Crippen LogP contribution in [0.3, 0.4) is 0 Å². The minimum atomic E-state index is -0.237. The van der Waals surface area contributed by atoms with Crippen molar-refractivity contribution >= 4 is 11.8 Å². The maximum absolute atomic E-state index is 11.1. The number of hydrogen-bond acceptors (Lipinski definition) is 2. The molecule has 0 saturated heterocycles.